The van der Waals surface area contributed by atoms with Crippen molar-refractivity contribution in [3.05, 3.63) is 22.2 Å². The van der Waals surface area contributed by atoms with E-state index in [2.05, 4.69) is 34.2 Å². The highest BCUT2D eigenvalue weighted by atomic mass is 79.9. The van der Waals surface area contributed by atoms with Gasteiger partial charge in [0.05, 0.1) is 0 Å². The molecule has 1 aromatic rings. The Morgan fingerprint density at radius 1 is 1.35 bits per heavy atom. The van der Waals surface area contributed by atoms with Gasteiger partial charge in [0.1, 0.15) is 0 Å². The Labute approximate surface area is 112 Å². The van der Waals surface area contributed by atoms with Crippen molar-refractivity contribution in [1.82, 2.24) is 0 Å². The van der Waals surface area contributed by atoms with E-state index in [-0.39, 0.29) is 0 Å². The van der Waals surface area contributed by atoms with E-state index in [0.717, 1.165) is 28.0 Å². The molecule has 0 spiro atoms. The van der Waals surface area contributed by atoms with Crippen LogP contribution in [0.15, 0.2) is 16.6 Å². The molecular formula is C14H21BrN2. The summed E-state index contributed by atoms with van der Waals surface area (Å²) in [5.41, 5.74) is 9.47. The van der Waals surface area contributed by atoms with Gasteiger partial charge in [-0.2, -0.15) is 0 Å². The van der Waals surface area contributed by atoms with Crippen LogP contribution in [0.4, 0.5) is 11.4 Å². The Kier molecular flexibility index (Phi) is 3.67. The SMILES string of the molecule is Cc1cc(NCC2(C)CCCC2)c(Br)cc1N. The molecular weight excluding hydrogens is 276 g/mol. The average molecular weight is 297 g/mol. The molecule has 0 atom stereocenters. The topological polar surface area (TPSA) is 38.0 Å². The third-order valence-corrected chi connectivity index (χ3v) is 4.53. The van der Waals surface area contributed by atoms with E-state index in [4.69, 9.17) is 5.73 Å². The first-order valence-electron chi connectivity index (χ1n) is 6.30. The number of anilines is 2. The predicted octanol–water partition coefficient (Wildman–Crippen LogP) is 4.33. The molecule has 0 unspecified atom stereocenters. The molecule has 0 aromatic heterocycles. The number of rotatable bonds is 3. The molecule has 3 N–H and O–H groups in total. The molecule has 0 bridgehead atoms. The number of halogens is 1. The number of nitrogen functional groups attached to an aromatic ring is 1. The van der Waals surface area contributed by atoms with Crippen LogP contribution in [-0.4, -0.2) is 6.54 Å². The molecule has 1 aliphatic rings. The number of hydrogen-bond donors (Lipinski definition) is 2. The second kappa shape index (κ2) is 4.89. The molecule has 17 heavy (non-hydrogen) atoms. The van der Waals surface area contributed by atoms with Gasteiger partial charge in [-0.3, -0.25) is 0 Å². The first-order chi connectivity index (χ1) is 8.00. The van der Waals surface area contributed by atoms with Gasteiger partial charge in [0.15, 0.2) is 0 Å². The van der Waals surface area contributed by atoms with E-state index in [9.17, 15) is 0 Å². The maximum absolute atomic E-state index is 5.88. The zero-order valence-corrected chi connectivity index (χ0v) is 12.2. The third kappa shape index (κ3) is 2.95. The van der Waals surface area contributed by atoms with Crippen LogP contribution in [0.25, 0.3) is 0 Å². The summed E-state index contributed by atoms with van der Waals surface area (Å²) in [6, 6.07) is 4.10. The van der Waals surface area contributed by atoms with Gasteiger partial charge in [-0.1, -0.05) is 19.8 Å². The summed E-state index contributed by atoms with van der Waals surface area (Å²) in [5.74, 6) is 0. The van der Waals surface area contributed by atoms with Crippen molar-refractivity contribution in [3.8, 4) is 0 Å². The highest BCUT2D eigenvalue weighted by Crippen LogP contribution is 2.38. The minimum Gasteiger partial charge on any atom is -0.398 e. The quantitative estimate of drug-likeness (QED) is 0.815. The van der Waals surface area contributed by atoms with Crippen LogP contribution in [0.5, 0.6) is 0 Å². The van der Waals surface area contributed by atoms with Crippen molar-refractivity contribution in [1.29, 1.82) is 0 Å². The molecule has 0 radical (unpaired) electrons. The summed E-state index contributed by atoms with van der Waals surface area (Å²) in [4.78, 5) is 0. The third-order valence-electron chi connectivity index (χ3n) is 3.87. The Morgan fingerprint density at radius 2 is 2.00 bits per heavy atom. The molecule has 0 heterocycles. The highest BCUT2D eigenvalue weighted by Gasteiger charge is 2.28. The normalized spacial score (nSPS) is 18.3. The molecule has 94 valence electrons. The first kappa shape index (κ1) is 12.7. The minimum atomic E-state index is 0.467. The van der Waals surface area contributed by atoms with Crippen molar-refractivity contribution >= 4 is 27.3 Å². The average Bonchev–Trinajstić information content (AvgIpc) is 2.69. The van der Waals surface area contributed by atoms with Crippen molar-refractivity contribution in [3.63, 3.8) is 0 Å². The number of aryl methyl sites for hydroxylation is 1. The van der Waals surface area contributed by atoms with Crippen molar-refractivity contribution in [2.75, 3.05) is 17.6 Å². The lowest BCUT2D eigenvalue weighted by molar-refractivity contribution is 0.362. The predicted molar refractivity (Wildman–Crippen MR) is 78.4 cm³/mol. The van der Waals surface area contributed by atoms with Crippen LogP contribution in [-0.2, 0) is 0 Å². The molecule has 0 aliphatic heterocycles. The van der Waals surface area contributed by atoms with E-state index in [1.807, 2.05) is 13.0 Å². The lowest BCUT2D eigenvalue weighted by atomic mass is 9.89. The summed E-state index contributed by atoms with van der Waals surface area (Å²) in [7, 11) is 0. The van der Waals surface area contributed by atoms with Crippen LogP contribution < -0.4 is 11.1 Å². The van der Waals surface area contributed by atoms with Gasteiger partial charge >= 0.3 is 0 Å². The summed E-state index contributed by atoms with van der Waals surface area (Å²) in [6.45, 7) is 5.48. The van der Waals surface area contributed by atoms with E-state index in [1.165, 1.54) is 25.7 Å². The van der Waals surface area contributed by atoms with E-state index in [0.29, 0.717) is 5.41 Å². The fraction of sp³-hybridized carbons (Fsp3) is 0.571. The van der Waals surface area contributed by atoms with Gasteiger partial charge in [-0.25, -0.2) is 0 Å². The van der Waals surface area contributed by atoms with Crippen molar-refractivity contribution < 1.29 is 0 Å². The summed E-state index contributed by atoms with van der Waals surface area (Å²) >= 11 is 3.57. The number of hydrogen-bond acceptors (Lipinski definition) is 2. The summed E-state index contributed by atoms with van der Waals surface area (Å²) in [5, 5.41) is 3.56. The standard InChI is InChI=1S/C14H21BrN2/c1-10-7-13(11(15)8-12(10)16)17-9-14(2)5-3-4-6-14/h7-8,17H,3-6,9,16H2,1-2H3. The molecule has 1 fully saturated rings. The molecule has 3 heteroatoms. The van der Waals surface area contributed by atoms with E-state index < -0.39 is 0 Å². The number of benzene rings is 1. The fourth-order valence-electron chi connectivity index (χ4n) is 2.55. The van der Waals surface area contributed by atoms with Gasteiger partial charge in [0.25, 0.3) is 0 Å². The zero-order valence-electron chi connectivity index (χ0n) is 10.6. The molecule has 0 saturated heterocycles. The number of nitrogens with one attached hydrogen (secondary N) is 1. The zero-order chi connectivity index (χ0) is 12.5. The lowest BCUT2D eigenvalue weighted by Gasteiger charge is -2.25. The van der Waals surface area contributed by atoms with Crippen LogP contribution in [0, 0.1) is 12.3 Å². The van der Waals surface area contributed by atoms with Gasteiger partial charge in [0.2, 0.25) is 0 Å². The first-order valence-corrected chi connectivity index (χ1v) is 7.09. The fourth-order valence-corrected chi connectivity index (χ4v) is 3.05. The monoisotopic (exact) mass is 296 g/mol. The Morgan fingerprint density at radius 3 is 2.65 bits per heavy atom. The van der Waals surface area contributed by atoms with Crippen LogP contribution in [0.2, 0.25) is 0 Å². The Balaban J connectivity index is 2.06. The highest BCUT2D eigenvalue weighted by molar-refractivity contribution is 9.10. The molecule has 1 aliphatic carbocycles. The second-order valence-electron chi connectivity index (χ2n) is 5.56. The maximum atomic E-state index is 5.88. The van der Waals surface area contributed by atoms with E-state index >= 15 is 0 Å². The smallest absolute Gasteiger partial charge is 0.0489 e. The Bertz CT molecular complexity index is 409. The van der Waals surface area contributed by atoms with Crippen LogP contribution in [0.3, 0.4) is 0 Å². The van der Waals surface area contributed by atoms with Gasteiger partial charge in [-0.15, -0.1) is 0 Å². The van der Waals surface area contributed by atoms with Crippen molar-refractivity contribution in [2.45, 2.75) is 39.5 Å². The number of nitrogens with two attached hydrogens (primary N) is 1. The Hall–Kier alpha value is -0.700. The minimum absolute atomic E-state index is 0.467. The summed E-state index contributed by atoms with van der Waals surface area (Å²) in [6.07, 6.45) is 5.43. The van der Waals surface area contributed by atoms with E-state index in [1.54, 1.807) is 0 Å². The van der Waals surface area contributed by atoms with Crippen molar-refractivity contribution in [2.24, 2.45) is 5.41 Å². The largest absolute Gasteiger partial charge is 0.398 e. The van der Waals surface area contributed by atoms with Crippen LogP contribution >= 0.6 is 15.9 Å². The second-order valence-corrected chi connectivity index (χ2v) is 6.41. The molecule has 1 aromatic carbocycles. The molecule has 0 amide bonds. The molecule has 2 rings (SSSR count). The van der Waals surface area contributed by atoms with Crippen LogP contribution in [0.1, 0.15) is 38.2 Å². The van der Waals surface area contributed by atoms with Gasteiger partial charge < -0.3 is 11.1 Å². The summed E-state index contributed by atoms with van der Waals surface area (Å²) < 4.78 is 1.06. The lowest BCUT2D eigenvalue weighted by Crippen LogP contribution is -2.23. The molecule has 1 saturated carbocycles. The van der Waals surface area contributed by atoms with Gasteiger partial charge in [0, 0.05) is 22.4 Å². The molecule has 2 nitrogen and oxygen atoms in total. The van der Waals surface area contributed by atoms with Gasteiger partial charge in [-0.05, 0) is 58.8 Å². The maximum Gasteiger partial charge on any atom is 0.0489 e.